The average Bonchev–Trinajstić information content (AvgIpc) is 2.49. The van der Waals surface area contributed by atoms with Crippen LogP contribution in [0.2, 0.25) is 0 Å². The molecular weight excluding hydrogens is 305 g/mol. The van der Waals surface area contributed by atoms with E-state index in [2.05, 4.69) is 0 Å². The summed E-state index contributed by atoms with van der Waals surface area (Å²) in [7, 11) is 0. The fourth-order valence-electron chi connectivity index (χ4n) is 2.52. The van der Waals surface area contributed by atoms with E-state index in [1.165, 1.54) is 29.2 Å². The molecule has 126 valence electrons. The first-order chi connectivity index (χ1) is 10.6. The van der Waals surface area contributed by atoms with Gasteiger partial charge in [-0.15, -0.1) is 0 Å². The number of piperidine rings is 1. The van der Waals surface area contributed by atoms with Crippen LogP contribution in [0.4, 0.5) is 4.39 Å². The number of carboxylic acid groups (broad SMARTS) is 1. The first kappa shape index (κ1) is 17.2. The highest BCUT2D eigenvalue weighted by Gasteiger charge is 2.43. The van der Waals surface area contributed by atoms with E-state index in [-0.39, 0.29) is 31.8 Å². The predicted molar refractivity (Wildman–Crippen MR) is 79.5 cm³/mol. The molecule has 0 saturated carbocycles. The Kier molecular flexibility index (Phi) is 4.61. The number of hydrogen-bond donors (Lipinski definition) is 2. The van der Waals surface area contributed by atoms with E-state index in [0.717, 1.165) is 0 Å². The minimum Gasteiger partial charge on any atom is -0.479 e. The Morgan fingerprint density at radius 2 is 1.74 bits per heavy atom. The van der Waals surface area contributed by atoms with Gasteiger partial charge in [0.2, 0.25) is 0 Å². The number of hydrogen-bond acceptors (Lipinski definition) is 4. The number of amides is 1. The summed E-state index contributed by atoms with van der Waals surface area (Å²) in [5.74, 6) is -1.62. The number of carbonyl (C=O) groups excluding carboxylic acids is 1. The minimum atomic E-state index is -1.78. The lowest BCUT2D eigenvalue weighted by atomic mass is 9.91. The smallest absolute Gasteiger partial charge is 0.335 e. The van der Waals surface area contributed by atoms with Crippen LogP contribution in [-0.4, -0.2) is 51.3 Å². The van der Waals surface area contributed by atoms with E-state index in [4.69, 9.17) is 9.84 Å². The second kappa shape index (κ2) is 6.16. The normalized spacial score (nSPS) is 17.7. The molecule has 1 saturated heterocycles. The Bertz CT molecular complexity index is 591. The van der Waals surface area contributed by atoms with E-state index in [0.29, 0.717) is 5.75 Å². The van der Waals surface area contributed by atoms with Gasteiger partial charge in [0.05, 0.1) is 0 Å². The Labute approximate surface area is 133 Å². The molecule has 2 N–H and O–H groups in total. The molecule has 0 unspecified atom stereocenters. The van der Waals surface area contributed by atoms with Crippen molar-refractivity contribution in [3.8, 4) is 5.75 Å². The van der Waals surface area contributed by atoms with Gasteiger partial charge >= 0.3 is 5.97 Å². The zero-order valence-corrected chi connectivity index (χ0v) is 13.1. The maximum absolute atomic E-state index is 12.9. The lowest BCUT2D eigenvalue weighted by Gasteiger charge is -2.38. The van der Waals surface area contributed by atoms with Crippen LogP contribution >= 0.6 is 0 Å². The minimum absolute atomic E-state index is 0.0271. The van der Waals surface area contributed by atoms with Gasteiger partial charge < -0.3 is 19.8 Å². The molecule has 0 aromatic heterocycles. The van der Waals surface area contributed by atoms with Crippen LogP contribution in [0.1, 0.15) is 26.7 Å². The van der Waals surface area contributed by atoms with E-state index in [1.807, 2.05) is 0 Å². The number of carbonyl (C=O) groups is 2. The van der Waals surface area contributed by atoms with Crippen LogP contribution in [-0.2, 0) is 9.59 Å². The number of carboxylic acids is 1. The van der Waals surface area contributed by atoms with E-state index < -0.39 is 23.0 Å². The number of aliphatic carboxylic acids is 1. The molecule has 0 atom stereocenters. The van der Waals surface area contributed by atoms with Gasteiger partial charge in [0.15, 0.2) is 11.2 Å². The summed E-state index contributed by atoms with van der Waals surface area (Å²) in [4.78, 5) is 25.1. The van der Waals surface area contributed by atoms with Crippen molar-refractivity contribution in [3.63, 3.8) is 0 Å². The van der Waals surface area contributed by atoms with Crippen LogP contribution in [0.15, 0.2) is 24.3 Å². The molecular formula is C16H20FNO5. The van der Waals surface area contributed by atoms with E-state index >= 15 is 0 Å². The Morgan fingerprint density at radius 1 is 1.22 bits per heavy atom. The number of aliphatic hydroxyl groups is 1. The molecule has 23 heavy (non-hydrogen) atoms. The summed E-state index contributed by atoms with van der Waals surface area (Å²) < 4.78 is 18.5. The molecule has 1 fully saturated rings. The quantitative estimate of drug-likeness (QED) is 0.874. The molecule has 1 aliphatic rings. The Morgan fingerprint density at radius 3 is 2.22 bits per heavy atom. The molecule has 2 rings (SSSR count). The van der Waals surface area contributed by atoms with Crippen molar-refractivity contribution in [1.82, 2.24) is 4.90 Å². The maximum Gasteiger partial charge on any atom is 0.335 e. The molecule has 0 spiro atoms. The fourth-order valence-corrected chi connectivity index (χ4v) is 2.52. The van der Waals surface area contributed by atoms with Gasteiger partial charge in [0, 0.05) is 25.9 Å². The van der Waals surface area contributed by atoms with Crippen LogP contribution in [0.25, 0.3) is 0 Å². The summed E-state index contributed by atoms with van der Waals surface area (Å²) in [5, 5.41) is 18.9. The van der Waals surface area contributed by atoms with Crippen molar-refractivity contribution in [2.45, 2.75) is 37.9 Å². The number of ether oxygens (including phenoxy) is 1. The first-order valence-electron chi connectivity index (χ1n) is 7.34. The number of likely N-dealkylation sites (tertiary alicyclic amines) is 1. The Hall–Kier alpha value is -2.15. The zero-order chi connectivity index (χ0) is 17.3. The third-order valence-corrected chi connectivity index (χ3v) is 3.98. The third kappa shape index (κ3) is 3.79. The van der Waals surface area contributed by atoms with Crippen LogP contribution < -0.4 is 4.74 Å². The fraction of sp³-hybridized carbons (Fsp3) is 0.500. The highest BCUT2D eigenvalue weighted by molar-refractivity contribution is 5.85. The largest absolute Gasteiger partial charge is 0.479 e. The molecule has 1 aliphatic heterocycles. The summed E-state index contributed by atoms with van der Waals surface area (Å²) in [5.41, 5.74) is -2.96. The van der Waals surface area contributed by atoms with E-state index in [9.17, 15) is 19.1 Å². The van der Waals surface area contributed by atoms with Gasteiger partial charge in [0.25, 0.3) is 5.91 Å². The second-order valence-corrected chi connectivity index (χ2v) is 6.20. The lowest BCUT2D eigenvalue weighted by Crippen LogP contribution is -2.56. The third-order valence-electron chi connectivity index (χ3n) is 3.98. The monoisotopic (exact) mass is 325 g/mol. The summed E-state index contributed by atoms with van der Waals surface area (Å²) in [6, 6.07) is 5.35. The van der Waals surface area contributed by atoms with Crippen molar-refractivity contribution in [2.75, 3.05) is 13.1 Å². The molecule has 1 aromatic rings. The number of halogens is 1. The highest BCUT2D eigenvalue weighted by atomic mass is 19.1. The van der Waals surface area contributed by atoms with Crippen molar-refractivity contribution in [3.05, 3.63) is 30.1 Å². The number of benzene rings is 1. The van der Waals surface area contributed by atoms with Gasteiger partial charge in [-0.25, -0.2) is 9.18 Å². The van der Waals surface area contributed by atoms with Crippen molar-refractivity contribution < 1.29 is 28.9 Å². The van der Waals surface area contributed by atoms with Gasteiger partial charge in [-0.1, -0.05) is 0 Å². The highest BCUT2D eigenvalue weighted by Crippen LogP contribution is 2.26. The summed E-state index contributed by atoms with van der Waals surface area (Å²) in [6.07, 6.45) is -0.0542. The van der Waals surface area contributed by atoms with Crippen LogP contribution in [0, 0.1) is 5.82 Å². The molecule has 1 heterocycles. The lowest BCUT2D eigenvalue weighted by molar-refractivity contribution is -0.167. The molecule has 0 aliphatic carbocycles. The summed E-state index contributed by atoms with van der Waals surface area (Å²) in [6.45, 7) is 3.46. The molecule has 0 bridgehead atoms. The zero-order valence-electron chi connectivity index (χ0n) is 13.1. The van der Waals surface area contributed by atoms with Gasteiger partial charge in [-0.05, 0) is 38.1 Å². The number of rotatable bonds is 4. The molecule has 0 radical (unpaired) electrons. The maximum atomic E-state index is 12.9. The SMILES string of the molecule is CC(C)(Oc1ccc(F)cc1)C(=O)N1CCC(O)(C(=O)O)CC1. The van der Waals surface area contributed by atoms with Crippen molar-refractivity contribution in [1.29, 1.82) is 0 Å². The molecule has 6 nitrogen and oxygen atoms in total. The number of nitrogens with zero attached hydrogens (tertiary/aromatic N) is 1. The molecule has 1 aromatic carbocycles. The van der Waals surface area contributed by atoms with Gasteiger partial charge in [-0.3, -0.25) is 4.79 Å². The van der Waals surface area contributed by atoms with E-state index in [1.54, 1.807) is 13.8 Å². The van der Waals surface area contributed by atoms with Gasteiger partial charge in [0.1, 0.15) is 11.6 Å². The topological polar surface area (TPSA) is 87.1 Å². The van der Waals surface area contributed by atoms with Crippen molar-refractivity contribution in [2.24, 2.45) is 0 Å². The van der Waals surface area contributed by atoms with Crippen molar-refractivity contribution >= 4 is 11.9 Å². The van der Waals surface area contributed by atoms with Crippen LogP contribution in [0.3, 0.4) is 0 Å². The summed E-state index contributed by atoms with van der Waals surface area (Å²) >= 11 is 0. The average molecular weight is 325 g/mol. The standard InChI is InChI=1S/C16H20FNO5/c1-15(2,23-12-5-3-11(17)4-6-12)13(19)18-9-7-16(22,8-10-18)14(20)21/h3-6,22H,7-10H2,1-2H3,(H,20,21). The van der Waals surface area contributed by atoms with Crippen LogP contribution in [0.5, 0.6) is 5.75 Å². The Balaban J connectivity index is 2.02. The predicted octanol–water partition coefficient (Wildman–Crippen LogP) is 1.42. The molecule has 7 heteroatoms. The molecule has 1 amide bonds. The first-order valence-corrected chi connectivity index (χ1v) is 7.34. The van der Waals surface area contributed by atoms with Gasteiger partial charge in [-0.2, -0.15) is 0 Å². The second-order valence-electron chi connectivity index (χ2n) is 6.20.